The monoisotopic (exact) mass is 888 g/mol. The minimum Gasteiger partial charge on any atom is -0.870 e. The summed E-state index contributed by atoms with van der Waals surface area (Å²) in [6.07, 6.45) is 4.92. The Morgan fingerprint density at radius 2 is 1.12 bits per heavy atom. The molecule has 0 spiro atoms. The van der Waals surface area contributed by atoms with E-state index in [1.54, 1.807) is 72.8 Å². The summed E-state index contributed by atoms with van der Waals surface area (Å²) in [6.45, 7) is 3.53. The number of benzene rings is 4. The van der Waals surface area contributed by atoms with Crippen LogP contribution in [0.2, 0.25) is 0 Å². The zero-order valence-electron chi connectivity index (χ0n) is 32.6. The second kappa shape index (κ2) is 19.7. The number of rotatable bonds is 5. The van der Waals surface area contributed by atoms with Gasteiger partial charge in [0, 0.05) is 71.7 Å². The van der Waals surface area contributed by atoms with Gasteiger partial charge >= 0.3 is 51.4 Å². The van der Waals surface area contributed by atoms with Gasteiger partial charge in [0.1, 0.15) is 11.4 Å². The number of hydrogen-bond donors (Lipinski definition) is 3. The number of fused-ring (bicyclic) bond motifs is 8. The molecule has 302 valence electrons. The maximum Gasteiger partial charge on any atom is 1.00 e. The van der Waals surface area contributed by atoms with Crippen LogP contribution >= 0.6 is 35.6 Å². The number of amides is 2. The van der Waals surface area contributed by atoms with E-state index in [9.17, 15) is 28.8 Å². The Labute approximate surface area is 401 Å². The third kappa shape index (κ3) is 8.94. The zero-order chi connectivity index (χ0) is 40.5. The van der Waals surface area contributed by atoms with Gasteiger partial charge < -0.3 is 30.2 Å². The van der Waals surface area contributed by atoms with Crippen LogP contribution < -0.4 is 51.4 Å². The number of halogens is 1. The van der Waals surface area contributed by atoms with Crippen molar-refractivity contribution in [3.8, 4) is 0 Å². The summed E-state index contributed by atoms with van der Waals surface area (Å²) in [5.74, 6) is 0.421. The molecule has 13 nitrogen and oxygen atoms in total. The van der Waals surface area contributed by atoms with Gasteiger partial charge in [-0.2, -0.15) is 0 Å². The molecule has 2 aliphatic carbocycles. The number of aromatic amines is 3. The summed E-state index contributed by atoms with van der Waals surface area (Å²) in [5, 5.41) is 0.654. The number of imidazole rings is 2. The van der Waals surface area contributed by atoms with Crippen LogP contribution in [0.5, 0.6) is 0 Å². The largest absolute Gasteiger partial charge is 1.00 e. The summed E-state index contributed by atoms with van der Waals surface area (Å²) in [4.78, 5) is 91.5. The molecule has 0 bridgehead atoms. The predicted octanol–water partition coefficient (Wildman–Crippen LogP) is 4.12. The van der Waals surface area contributed by atoms with Gasteiger partial charge in [0.15, 0.2) is 33.1 Å². The van der Waals surface area contributed by atoms with Crippen LogP contribution in [0, 0.1) is 4.77 Å². The molecule has 60 heavy (non-hydrogen) atoms. The Balaban J connectivity index is 0.000000169. The van der Waals surface area contributed by atoms with E-state index in [1.165, 1.54) is 11.8 Å². The molecule has 6 aromatic rings. The summed E-state index contributed by atoms with van der Waals surface area (Å²) in [6, 6.07) is 20.7. The number of nitrogens with one attached hydrogen (secondary N) is 3. The first kappa shape index (κ1) is 45.4. The van der Waals surface area contributed by atoms with Crippen molar-refractivity contribution in [2.45, 2.75) is 37.3 Å². The van der Waals surface area contributed by atoms with Crippen molar-refractivity contribution in [1.82, 2.24) is 29.7 Å². The molecule has 0 radical (unpaired) electrons. The number of thioether (sulfide) groups is 1. The first-order valence-corrected chi connectivity index (χ1v) is 21.0. The quantitative estimate of drug-likeness (QED) is 0.0979. The van der Waals surface area contributed by atoms with Crippen LogP contribution in [-0.2, 0) is 9.59 Å². The molecule has 17 heteroatoms. The molecule has 4 heterocycles. The van der Waals surface area contributed by atoms with Gasteiger partial charge in [-0.3, -0.25) is 28.8 Å². The summed E-state index contributed by atoms with van der Waals surface area (Å²) in [5.41, 5.74) is 5.91. The number of carbonyl (C=O) groups is 6. The van der Waals surface area contributed by atoms with Crippen LogP contribution in [-0.4, -0.2) is 108 Å². The maximum absolute atomic E-state index is 13.1. The van der Waals surface area contributed by atoms with E-state index in [-0.39, 0.29) is 97.7 Å². The van der Waals surface area contributed by atoms with Gasteiger partial charge in [-0.25, -0.2) is 4.98 Å². The topological polar surface area (TPSA) is 199 Å². The number of ketones is 4. The molecule has 2 amide bonds. The number of H-pyrrole nitrogens is 3. The second-order valence-electron chi connectivity index (χ2n) is 14.2. The van der Waals surface area contributed by atoms with E-state index in [0.717, 1.165) is 62.9 Å². The maximum atomic E-state index is 13.1. The van der Waals surface area contributed by atoms with Crippen molar-refractivity contribution < 1.29 is 85.6 Å². The van der Waals surface area contributed by atoms with E-state index in [4.69, 9.17) is 23.8 Å². The minimum absolute atomic E-state index is 0. The van der Waals surface area contributed by atoms with E-state index in [1.807, 2.05) is 9.80 Å². The Hall–Kier alpha value is -4.10. The average Bonchev–Trinajstić information content (AvgIpc) is 4.09. The van der Waals surface area contributed by atoms with E-state index >= 15 is 0 Å². The fourth-order valence-electron chi connectivity index (χ4n) is 7.80. The molecule has 0 saturated carbocycles. The molecule has 2 fully saturated rings. The smallest absolute Gasteiger partial charge is 0.870 e. The van der Waals surface area contributed by atoms with Crippen LogP contribution in [0.15, 0.2) is 78.0 Å². The van der Waals surface area contributed by atoms with Crippen LogP contribution in [0.4, 0.5) is 0 Å². The van der Waals surface area contributed by atoms with Crippen LogP contribution in [0.1, 0.15) is 95.8 Å². The molecule has 2 saturated heterocycles. The second-order valence-corrected chi connectivity index (χ2v) is 16.0. The Bertz CT molecular complexity index is 2740. The van der Waals surface area contributed by atoms with Gasteiger partial charge in [-0.1, -0.05) is 60.3 Å². The summed E-state index contributed by atoms with van der Waals surface area (Å²) < 4.78 is 0.438. The molecular weight excluding hydrogens is 851 g/mol. The molecule has 0 unspecified atom stereocenters. The standard InChI is InChI=1S/C22H19N3O3S.C15H8N2O2S.C6H10ClNO.K.H2O/c26-17(25-10-3-4-11-25)9-12-29-22-23-16-8-7-15-18(19(16)24-22)21(28)14-6-2-1-5-13(14)20(15)27;18-13-7-3-1-2-4-8(7)14(19)11-9(13)5-6-10-12(11)17-15(20)16-10;7-5-6(9)8-3-1-2-4-8;;/h1-2,5-8H,3-4,9-12H2,(H,23,24);1-6H,(H2,16,17,20);1-5H2;;1H2/q;;;+1;/p-1. The van der Waals surface area contributed by atoms with Crippen molar-refractivity contribution in [3.63, 3.8) is 0 Å². The van der Waals surface area contributed by atoms with Gasteiger partial charge in [0.2, 0.25) is 11.8 Å². The number of nitrogens with zero attached hydrogens (tertiary/aromatic N) is 3. The molecular formula is C43H38ClKN6O7S2. The van der Waals surface area contributed by atoms with Crippen molar-refractivity contribution in [2.75, 3.05) is 37.8 Å². The molecule has 2 aliphatic heterocycles. The van der Waals surface area contributed by atoms with E-state index < -0.39 is 0 Å². The predicted molar refractivity (Wildman–Crippen MR) is 226 cm³/mol. The molecule has 4 N–H and O–H groups in total. The Kier molecular flexibility index (Phi) is 14.9. The number of likely N-dealkylation sites (tertiary alicyclic amines) is 2. The van der Waals surface area contributed by atoms with Crippen molar-refractivity contribution >= 4 is 92.6 Å². The molecule has 4 aliphatic rings. The number of carbonyl (C=O) groups excluding carboxylic acids is 6. The van der Waals surface area contributed by atoms with Crippen molar-refractivity contribution in [1.29, 1.82) is 0 Å². The average molecular weight is 889 g/mol. The van der Waals surface area contributed by atoms with Gasteiger partial charge in [-0.15, -0.1) is 11.6 Å². The minimum atomic E-state index is -0.173. The van der Waals surface area contributed by atoms with E-state index in [0.29, 0.717) is 77.6 Å². The summed E-state index contributed by atoms with van der Waals surface area (Å²) >= 11 is 11.9. The van der Waals surface area contributed by atoms with Gasteiger partial charge in [0.25, 0.3) is 0 Å². The van der Waals surface area contributed by atoms with E-state index in [2.05, 4.69) is 19.9 Å². The number of hydrogen-bond acceptors (Lipinski definition) is 10. The van der Waals surface area contributed by atoms with Gasteiger partial charge in [0.05, 0.1) is 27.7 Å². The zero-order valence-corrected chi connectivity index (χ0v) is 38.2. The van der Waals surface area contributed by atoms with Crippen LogP contribution in [0.25, 0.3) is 22.1 Å². The van der Waals surface area contributed by atoms with Crippen LogP contribution in [0.3, 0.4) is 0 Å². The normalized spacial score (nSPS) is 14.8. The van der Waals surface area contributed by atoms with Gasteiger partial charge in [-0.05, 0) is 62.2 Å². The number of alkyl halides is 1. The molecule has 0 atom stereocenters. The fourth-order valence-corrected chi connectivity index (χ4v) is 8.99. The Morgan fingerprint density at radius 3 is 1.67 bits per heavy atom. The summed E-state index contributed by atoms with van der Waals surface area (Å²) in [7, 11) is 0. The SMILES string of the molecule is O=C(CCl)N1CCCC1.O=C1c2ccccc2C(=O)c2c1ccc1[nH]c(=S)[nH]c21.O=C1c2ccccc2C(=O)c2c1ccc1[nH]c(SCCC(=O)N3CCCC3)nc21.[K+].[OH-]. The molecule has 4 aromatic carbocycles. The third-order valence-electron chi connectivity index (χ3n) is 10.7. The Morgan fingerprint density at radius 1 is 0.633 bits per heavy atom. The molecule has 10 rings (SSSR count). The number of aromatic nitrogens is 4. The first-order chi connectivity index (χ1) is 28.1. The molecule has 2 aromatic heterocycles. The van der Waals surface area contributed by atoms with Crippen molar-refractivity contribution in [3.05, 3.63) is 122 Å². The third-order valence-corrected chi connectivity index (χ3v) is 12.0. The van der Waals surface area contributed by atoms with Crippen molar-refractivity contribution in [2.24, 2.45) is 0 Å². The first-order valence-electron chi connectivity index (χ1n) is 19.0. The fraction of sp³-hybridized carbons (Fsp3) is 0.256.